The van der Waals surface area contributed by atoms with Crippen LogP contribution in [-0.4, -0.2) is 63.7 Å². The number of piperidine rings is 1. The summed E-state index contributed by atoms with van der Waals surface area (Å²) in [6, 6.07) is 2.41. The molecule has 0 saturated carbocycles. The lowest BCUT2D eigenvalue weighted by molar-refractivity contribution is -0.137. The van der Waals surface area contributed by atoms with Crippen molar-refractivity contribution in [2.75, 3.05) is 27.2 Å². The van der Waals surface area contributed by atoms with Crippen molar-refractivity contribution in [3.8, 4) is 5.82 Å². The number of carbonyl (C=O) groups excluding carboxylic acids is 1. The van der Waals surface area contributed by atoms with Gasteiger partial charge in [-0.1, -0.05) is 13.8 Å². The van der Waals surface area contributed by atoms with Crippen molar-refractivity contribution in [2.24, 2.45) is 0 Å². The smallest absolute Gasteiger partial charge is 0.339 e. The first-order chi connectivity index (χ1) is 13.6. The maximum atomic E-state index is 13.2. The van der Waals surface area contributed by atoms with Crippen molar-refractivity contribution in [3.63, 3.8) is 0 Å². The van der Waals surface area contributed by atoms with Crippen LogP contribution in [0, 0.1) is 0 Å². The van der Waals surface area contributed by atoms with Crippen molar-refractivity contribution in [1.82, 2.24) is 24.6 Å². The Balaban J connectivity index is 1.90. The van der Waals surface area contributed by atoms with Crippen LogP contribution in [0.25, 0.3) is 5.82 Å². The van der Waals surface area contributed by atoms with E-state index in [2.05, 4.69) is 22.0 Å². The number of alkyl halides is 3. The maximum absolute atomic E-state index is 13.2. The molecule has 29 heavy (non-hydrogen) atoms. The molecule has 1 saturated heterocycles. The molecule has 0 aromatic carbocycles. The van der Waals surface area contributed by atoms with E-state index >= 15 is 0 Å². The number of nitrogens with zero attached hydrogens (tertiary/aromatic N) is 5. The van der Waals surface area contributed by atoms with Crippen molar-refractivity contribution >= 4 is 5.91 Å². The Morgan fingerprint density at radius 3 is 2.38 bits per heavy atom. The number of carbonyl (C=O) groups is 1. The summed E-state index contributed by atoms with van der Waals surface area (Å²) < 4.78 is 39.9. The predicted molar refractivity (Wildman–Crippen MR) is 103 cm³/mol. The fraction of sp³-hybridized carbons (Fsp3) is 0.550. The Labute approximate surface area is 168 Å². The maximum Gasteiger partial charge on any atom is 0.417 e. The Morgan fingerprint density at radius 1 is 1.21 bits per heavy atom. The fourth-order valence-corrected chi connectivity index (χ4v) is 3.68. The van der Waals surface area contributed by atoms with Crippen LogP contribution in [0.3, 0.4) is 0 Å². The first-order valence-electron chi connectivity index (χ1n) is 9.66. The van der Waals surface area contributed by atoms with E-state index in [4.69, 9.17) is 0 Å². The first-order valence-corrected chi connectivity index (χ1v) is 9.66. The van der Waals surface area contributed by atoms with Gasteiger partial charge in [-0.3, -0.25) is 4.79 Å². The van der Waals surface area contributed by atoms with Gasteiger partial charge in [0.2, 0.25) is 0 Å². The third kappa shape index (κ3) is 4.44. The third-order valence-electron chi connectivity index (χ3n) is 5.43. The van der Waals surface area contributed by atoms with Gasteiger partial charge in [0.25, 0.3) is 5.91 Å². The second-order valence-electron chi connectivity index (χ2n) is 7.86. The normalized spacial score (nSPS) is 16.4. The van der Waals surface area contributed by atoms with Crippen molar-refractivity contribution < 1.29 is 18.0 Å². The van der Waals surface area contributed by atoms with Crippen LogP contribution in [-0.2, 0) is 6.18 Å². The molecule has 0 N–H and O–H groups in total. The van der Waals surface area contributed by atoms with Crippen LogP contribution in [0.5, 0.6) is 0 Å². The molecule has 1 aliphatic rings. The zero-order valence-electron chi connectivity index (χ0n) is 17.1. The highest BCUT2D eigenvalue weighted by Gasteiger charge is 2.32. The van der Waals surface area contributed by atoms with Gasteiger partial charge in [-0.05, 0) is 51.0 Å². The number of amides is 1. The molecule has 2 aromatic rings. The molecule has 0 unspecified atom stereocenters. The zero-order valence-corrected chi connectivity index (χ0v) is 17.1. The lowest BCUT2D eigenvalue weighted by Gasteiger charge is -2.35. The summed E-state index contributed by atoms with van der Waals surface area (Å²) in [5.74, 6) is 0.0653. The molecular formula is C20H26F3N5O. The number of hydrogen-bond donors (Lipinski definition) is 0. The van der Waals surface area contributed by atoms with Crippen molar-refractivity contribution in [1.29, 1.82) is 0 Å². The van der Waals surface area contributed by atoms with Crippen LogP contribution in [0.1, 0.15) is 54.2 Å². The number of likely N-dealkylation sites (tertiary alicyclic amines) is 1. The molecule has 3 heterocycles. The summed E-state index contributed by atoms with van der Waals surface area (Å²) in [7, 11) is 3.87. The highest BCUT2D eigenvalue weighted by molar-refractivity contribution is 5.95. The number of halogens is 3. The first kappa shape index (κ1) is 21.3. The monoisotopic (exact) mass is 409 g/mol. The topological polar surface area (TPSA) is 54.3 Å². The Kier molecular flexibility index (Phi) is 5.97. The molecule has 0 aliphatic carbocycles. The fourth-order valence-electron chi connectivity index (χ4n) is 3.68. The lowest BCUT2D eigenvalue weighted by Crippen LogP contribution is -2.44. The van der Waals surface area contributed by atoms with Crippen LogP contribution in [0.4, 0.5) is 13.2 Å². The Bertz CT molecular complexity index is 852. The standard InChI is InChI=1S/C20H26F3N5O/c1-13(2)18-16(19(29)27(4)15-7-9-26(3)10-8-15)12-25-28(18)17-6-5-14(11-24-17)20(21,22)23/h5-6,11-13,15H,7-10H2,1-4H3. The van der Waals surface area contributed by atoms with Gasteiger partial charge in [-0.2, -0.15) is 18.3 Å². The molecular weight excluding hydrogens is 383 g/mol. The van der Waals surface area contributed by atoms with Gasteiger partial charge in [0.05, 0.1) is 23.0 Å². The van der Waals surface area contributed by atoms with Gasteiger partial charge in [0, 0.05) is 19.3 Å². The average molecular weight is 409 g/mol. The molecule has 0 radical (unpaired) electrons. The van der Waals surface area contributed by atoms with Gasteiger partial charge >= 0.3 is 6.18 Å². The van der Waals surface area contributed by atoms with E-state index in [1.165, 1.54) is 16.9 Å². The second-order valence-corrected chi connectivity index (χ2v) is 7.86. The van der Waals surface area contributed by atoms with Gasteiger partial charge in [-0.25, -0.2) is 9.67 Å². The summed E-state index contributed by atoms with van der Waals surface area (Å²) in [6.45, 7) is 5.72. The predicted octanol–water partition coefficient (Wildman–Crippen LogP) is 3.58. The summed E-state index contributed by atoms with van der Waals surface area (Å²) in [5.41, 5.74) is 0.281. The van der Waals surface area contributed by atoms with Crippen LogP contribution < -0.4 is 0 Å². The molecule has 1 fully saturated rings. The molecule has 0 spiro atoms. The number of hydrogen-bond acceptors (Lipinski definition) is 4. The van der Waals surface area contributed by atoms with Gasteiger partial charge in [0.15, 0.2) is 5.82 Å². The molecule has 158 valence electrons. The SMILES string of the molecule is CC(C)c1c(C(=O)N(C)C2CCN(C)CC2)cnn1-c1ccc(C(F)(F)F)cn1. The van der Waals surface area contributed by atoms with Gasteiger partial charge in [0.1, 0.15) is 0 Å². The second kappa shape index (κ2) is 8.14. The van der Waals surface area contributed by atoms with E-state index in [0.717, 1.165) is 38.2 Å². The van der Waals surface area contributed by atoms with E-state index in [1.807, 2.05) is 13.8 Å². The molecule has 1 aliphatic heterocycles. The molecule has 1 amide bonds. The van der Waals surface area contributed by atoms with Crippen LogP contribution in [0.15, 0.2) is 24.5 Å². The van der Waals surface area contributed by atoms with Crippen molar-refractivity contribution in [3.05, 3.63) is 41.3 Å². The van der Waals surface area contributed by atoms with Gasteiger partial charge < -0.3 is 9.80 Å². The van der Waals surface area contributed by atoms with Gasteiger partial charge in [-0.15, -0.1) is 0 Å². The molecule has 6 nitrogen and oxygen atoms in total. The van der Waals surface area contributed by atoms with E-state index in [0.29, 0.717) is 11.3 Å². The lowest BCUT2D eigenvalue weighted by atomic mass is 10.0. The Morgan fingerprint density at radius 2 is 1.86 bits per heavy atom. The van der Waals surface area contributed by atoms with Crippen molar-refractivity contribution in [2.45, 2.75) is 44.8 Å². The summed E-state index contributed by atoms with van der Waals surface area (Å²) in [6.07, 6.45) is -0.362. The Hall–Kier alpha value is -2.42. The zero-order chi connectivity index (χ0) is 21.3. The molecule has 0 bridgehead atoms. The third-order valence-corrected chi connectivity index (χ3v) is 5.43. The summed E-state index contributed by atoms with van der Waals surface area (Å²) >= 11 is 0. The van der Waals surface area contributed by atoms with E-state index < -0.39 is 11.7 Å². The highest BCUT2D eigenvalue weighted by Crippen LogP contribution is 2.30. The van der Waals surface area contributed by atoms with Crippen LogP contribution >= 0.6 is 0 Å². The molecule has 3 rings (SSSR count). The number of pyridine rings is 1. The molecule has 9 heteroatoms. The van der Waals surface area contributed by atoms with E-state index in [1.54, 1.807) is 11.9 Å². The average Bonchev–Trinajstić information content (AvgIpc) is 3.12. The van der Waals surface area contributed by atoms with E-state index in [9.17, 15) is 18.0 Å². The molecule has 2 aromatic heterocycles. The minimum atomic E-state index is -4.45. The van der Waals surface area contributed by atoms with Crippen LogP contribution in [0.2, 0.25) is 0 Å². The summed E-state index contributed by atoms with van der Waals surface area (Å²) in [5, 5.41) is 4.28. The minimum absolute atomic E-state index is 0.0635. The molecule has 0 atom stereocenters. The summed E-state index contributed by atoms with van der Waals surface area (Å²) in [4.78, 5) is 21.1. The van der Waals surface area contributed by atoms with E-state index in [-0.39, 0.29) is 23.7 Å². The number of aromatic nitrogens is 3. The highest BCUT2D eigenvalue weighted by atomic mass is 19.4. The number of rotatable bonds is 4. The largest absolute Gasteiger partial charge is 0.417 e. The quantitative estimate of drug-likeness (QED) is 0.775. The minimum Gasteiger partial charge on any atom is -0.339 e.